The fourth-order valence-electron chi connectivity index (χ4n) is 1.40. The van der Waals surface area contributed by atoms with Gasteiger partial charge >= 0.3 is 0 Å². The highest BCUT2D eigenvalue weighted by atomic mass is 15.1. The van der Waals surface area contributed by atoms with Crippen molar-refractivity contribution >= 4 is 0 Å². The molecule has 1 saturated carbocycles. The van der Waals surface area contributed by atoms with Crippen molar-refractivity contribution in [3.8, 4) is 0 Å². The lowest BCUT2D eigenvalue weighted by Crippen LogP contribution is -2.27. The van der Waals surface area contributed by atoms with Crippen LogP contribution in [0.4, 0.5) is 0 Å². The quantitative estimate of drug-likeness (QED) is 0.506. The summed E-state index contributed by atoms with van der Waals surface area (Å²) in [5, 5.41) is 0. The molecule has 0 N–H and O–H groups in total. The van der Waals surface area contributed by atoms with Gasteiger partial charge in [0.1, 0.15) is 0 Å². The highest BCUT2D eigenvalue weighted by Crippen LogP contribution is 2.31. The Morgan fingerprint density at radius 2 is 2.11 bits per heavy atom. The number of hydrogen-bond donors (Lipinski definition) is 0. The van der Waals surface area contributed by atoms with Crippen molar-refractivity contribution in [2.45, 2.75) is 12.8 Å². The molecule has 0 amide bonds. The summed E-state index contributed by atoms with van der Waals surface area (Å²) < 4.78 is 0. The lowest BCUT2D eigenvalue weighted by atomic mass is 9.81. The van der Waals surface area contributed by atoms with Gasteiger partial charge < -0.3 is 4.90 Å². The number of hydrogen-bond acceptors (Lipinski definition) is 1. The molecular weight excluding hydrogens is 110 g/mol. The van der Waals surface area contributed by atoms with Crippen molar-refractivity contribution in [1.82, 2.24) is 4.90 Å². The minimum Gasteiger partial charge on any atom is -0.309 e. The summed E-state index contributed by atoms with van der Waals surface area (Å²) in [6.45, 7) is 5.13. The van der Waals surface area contributed by atoms with E-state index in [2.05, 4.69) is 25.6 Å². The van der Waals surface area contributed by atoms with Crippen LogP contribution in [-0.4, -0.2) is 25.5 Å². The fourth-order valence-corrected chi connectivity index (χ4v) is 1.40. The Kier molecular flexibility index (Phi) is 1.91. The van der Waals surface area contributed by atoms with E-state index in [4.69, 9.17) is 0 Å². The van der Waals surface area contributed by atoms with Crippen LogP contribution >= 0.6 is 0 Å². The Hall–Kier alpha value is -0.300. The standard InChI is InChI=1S/C8H15N/c1-7-4-8(5-7)6-9(2)3/h8H,1,4-6H2,2-3H3. The zero-order valence-electron chi connectivity index (χ0n) is 6.35. The van der Waals surface area contributed by atoms with Gasteiger partial charge in [-0.3, -0.25) is 0 Å². The second-order valence-electron chi connectivity index (χ2n) is 3.29. The van der Waals surface area contributed by atoms with Gasteiger partial charge in [-0.2, -0.15) is 0 Å². The molecule has 1 nitrogen and oxygen atoms in total. The smallest absolute Gasteiger partial charge is 0.000968 e. The monoisotopic (exact) mass is 125 g/mol. The molecule has 1 rings (SSSR count). The normalized spacial score (nSPS) is 20.6. The summed E-state index contributed by atoms with van der Waals surface area (Å²) in [4.78, 5) is 2.25. The SMILES string of the molecule is C=C1CC(CN(C)C)C1. The van der Waals surface area contributed by atoms with Crippen LogP contribution in [0.15, 0.2) is 12.2 Å². The fraction of sp³-hybridized carbons (Fsp3) is 0.750. The summed E-state index contributed by atoms with van der Waals surface area (Å²) in [6, 6.07) is 0. The number of allylic oxidation sites excluding steroid dienone is 1. The molecule has 1 heteroatoms. The third-order valence-electron chi connectivity index (χ3n) is 1.78. The van der Waals surface area contributed by atoms with Gasteiger partial charge in [0.25, 0.3) is 0 Å². The summed E-state index contributed by atoms with van der Waals surface area (Å²) in [7, 11) is 4.25. The van der Waals surface area contributed by atoms with Gasteiger partial charge in [0.2, 0.25) is 0 Å². The molecule has 0 heterocycles. The molecule has 0 saturated heterocycles. The van der Waals surface area contributed by atoms with E-state index in [1.807, 2.05) is 0 Å². The maximum atomic E-state index is 3.90. The van der Waals surface area contributed by atoms with E-state index < -0.39 is 0 Å². The molecule has 1 fully saturated rings. The molecule has 0 aliphatic heterocycles. The Bertz CT molecular complexity index is 108. The van der Waals surface area contributed by atoms with Crippen molar-refractivity contribution in [2.75, 3.05) is 20.6 Å². The molecule has 0 aromatic heterocycles. The van der Waals surface area contributed by atoms with Crippen LogP contribution in [0.3, 0.4) is 0 Å². The first-order chi connectivity index (χ1) is 4.18. The summed E-state index contributed by atoms with van der Waals surface area (Å²) >= 11 is 0. The molecule has 9 heavy (non-hydrogen) atoms. The Labute approximate surface area is 57.4 Å². The molecule has 0 unspecified atom stereocenters. The van der Waals surface area contributed by atoms with Crippen LogP contribution in [0.1, 0.15) is 12.8 Å². The molecule has 1 aliphatic carbocycles. The molecule has 0 bridgehead atoms. The van der Waals surface area contributed by atoms with Crippen molar-refractivity contribution in [3.63, 3.8) is 0 Å². The Morgan fingerprint density at radius 3 is 2.44 bits per heavy atom. The Morgan fingerprint density at radius 1 is 1.56 bits per heavy atom. The van der Waals surface area contributed by atoms with Gasteiger partial charge in [-0.25, -0.2) is 0 Å². The van der Waals surface area contributed by atoms with Gasteiger partial charge in [0.15, 0.2) is 0 Å². The molecule has 52 valence electrons. The van der Waals surface area contributed by atoms with Crippen LogP contribution < -0.4 is 0 Å². The molecule has 0 radical (unpaired) electrons. The second-order valence-corrected chi connectivity index (χ2v) is 3.29. The highest BCUT2D eigenvalue weighted by molar-refractivity contribution is 5.07. The third-order valence-corrected chi connectivity index (χ3v) is 1.78. The lowest BCUT2D eigenvalue weighted by Gasteiger charge is -2.30. The zero-order valence-corrected chi connectivity index (χ0v) is 6.35. The average molecular weight is 125 g/mol. The van der Waals surface area contributed by atoms with Crippen LogP contribution in [0.2, 0.25) is 0 Å². The zero-order chi connectivity index (χ0) is 6.85. The minimum atomic E-state index is 0.910. The van der Waals surface area contributed by atoms with E-state index in [1.165, 1.54) is 25.0 Å². The second kappa shape index (κ2) is 2.53. The van der Waals surface area contributed by atoms with Gasteiger partial charge in [0.05, 0.1) is 0 Å². The maximum absolute atomic E-state index is 3.90. The summed E-state index contributed by atoms with van der Waals surface area (Å²) in [6.07, 6.45) is 2.52. The molecule has 0 aromatic carbocycles. The minimum absolute atomic E-state index is 0.910. The summed E-state index contributed by atoms with van der Waals surface area (Å²) in [5.74, 6) is 0.910. The van der Waals surface area contributed by atoms with E-state index >= 15 is 0 Å². The van der Waals surface area contributed by atoms with Gasteiger partial charge in [0, 0.05) is 6.54 Å². The first-order valence-corrected chi connectivity index (χ1v) is 3.50. The number of nitrogens with zero attached hydrogens (tertiary/aromatic N) is 1. The van der Waals surface area contributed by atoms with Crippen molar-refractivity contribution < 1.29 is 0 Å². The van der Waals surface area contributed by atoms with Crippen LogP contribution in [0.25, 0.3) is 0 Å². The molecule has 0 atom stereocenters. The summed E-state index contributed by atoms with van der Waals surface area (Å²) in [5.41, 5.74) is 1.43. The molecule has 0 spiro atoms. The molecule has 0 aromatic rings. The van der Waals surface area contributed by atoms with E-state index in [0.717, 1.165) is 5.92 Å². The van der Waals surface area contributed by atoms with E-state index in [9.17, 15) is 0 Å². The average Bonchev–Trinajstić information content (AvgIpc) is 1.60. The topological polar surface area (TPSA) is 3.24 Å². The van der Waals surface area contributed by atoms with Crippen LogP contribution in [-0.2, 0) is 0 Å². The van der Waals surface area contributed by atoms with Gasteiger partial charge in [-0.15, -0.1) is 0 Å². The molecular formula is C8H15N. The van der Waals surface area contributed by atoms with E-state index in [0.29, 0.717) is 0 Å². The van der Waals surface area contributed by atoms with Gasteiger partial charge in [-0.05, 0) is 32.9 Å². The number of rotatable bonds is 2. The maximum Gasteiger partial charge on any atom is 0.000968 e. The third kappa shape index (κ3) is 1.83. The van der Waals surface area contributed by atoms with Crippen LogP contribution in [0.5, 0.6) is 0 Å². The largest absolute Gasteiger partial charge is 0.309 e. The van der Waals surface area contributed by atoms with Crippen LogP contribution in [0, 0.1) is 5.92 Å². The predicted molar refractivity (Wildman–Crippen MR) is 40.4 cm³/mol. The lowest BCUT2D eigenvalue weighted by molar-refractivity contribution is 0.282. The first kappa shape index (κ1) is 6.81. The van der Waals surface area contributed by atoms with Crippen molar-refractivity contribution in [2.24, 2.45) is 5.92 Å². The molecule has 1 aliphatic rings. The highest BCUT2D eigenvalue weighted by Gasteiger charge is 2.21. The van der Waals surface area contributed by atoms with Gasteiger partial charge in [-0.1, -0.05) is 12.2 Å². The predicted octanol–water partition coefficient (Wildman–Crippen LogP) is 1.51. The first-order valence-electron chi connectivity index (χ1n) is 3.50. The van der Waals surface area contributed by atoms with Crippen molar-refractivity contribution in [1.29, 1.82) is 0 Å². The van der Waals surface area contributed by atoms with E-state index in [1.54, 1.807) is 0 Å². The Balaban J connectivity index is 2.11. The van der Waals surface area contributed by atoms with E-state index in [-0.39, 0.29) is 0 Å². The van der Waals surface area contributed by atoms with Crippen molar-refractivity contribution in [3.05, 3.63) is 12.2 Å².